The van der Waals surface area contributed by atoms with Crippen molar-refractivity contribution in [1.82, 2.24) is 10.6 Å². The number of allylic oxidation sites excluding steroid dienone is 3. The number of amides is 1. The van der Waals surface area contributed by atoms with E-state index in [1.165, 1.54) is 6.08 Å². The number of carbonyl (C=O) groups excluding carboxylic acids is 1. The van der Waals surface area contributed by atoms with Crippen LogP contribution in [0.5, 0.6) is 0 Å². The first-order chi connectivity index (χ1) is 12.5. The molecule has 1 aliphatic rings. The summed E-state index contributed by atoms with van der Waals surface area (Å²) < 4.78 is 19.4. The van der Waals surface area contributed by atoms with Crippen LogP contribution in [0.4, 0.5) is 4.39 Å². The van der Waals surface area contributed by atoms with Crippen LogP contribution in [-0.2, 0) is 9.53 Å². The smallest absolute Gasteiger partial charge is 0.224 e. The summed E-state index contributed by atoms with van der Waals surface area (Å²) in [5.74, 6) is -0.249. The molecule has 0 aromatic rings. The van der Waals surface area contributed by atoms with Crippen molar-refractivity contribution in [3.05, 3.63) is 35.5 Å². The van der Waals surface area contributed by atoms with Gasteiger partial charge in [0.1, 0.15) is 12.4 Å². The minimum Gasteiger partial charge on any atom is -0.377 e. The summed E-state index contributed by atoms with van der Waals surface area (Å²) in [4.78, 5) is 12.1. The van der Waals surface area contributed by atoms with Crippen molar-refractivity contribution < 1.29 is 19.0 Å². The highest BCUT2D eigenvalue weighted by Gasteiger charge is 2.19. The van der Waals surface area contributed by atoms with Gasteiger partial charge in [0.05, 0.1) is 31.2 Å². The van der Waals surface area contributed by atoms with Gasteiger partial charge in [-0.15, -0.1) is 0 Å². The van der Waals surface area contributed by atoms with Gasteiger partial charge in [0.25, 0.3) is 0 Å². The molecule has 1 amide bonds. The van der Waals surface area contributed by atoms with Crippen molar-refractivity contribution in [2.24, 2.45) is 0 Å². The largest absolute Gasteiger partial charge is 0.377 e. The lowest BCUT2D eigenvalue weighted by molar-refractivity contribution is -0.121. The van der Waals surface area contributed by atoms with Crippen LogP contribution >= 0.6 is 0 Å². The molecule has 0 bridgehead atoms. The standard InChI is InChI=1S/C21H35FN2O3/c1-7-15-8-16(10-17(22)9-15)11-19(25)23-12-20(26)24-18(14(2)3)13-27-21(4,5)6/h8,10,17-18,20,24,26H,2,7,9,11-13H2,1,3-6H3,(H,23,25). The summed E-state index contributed by atoms with van der Waals surface area (Å²) in [7, 11) is 0. The van der Waals surface area contributed by atoms with E-state index in [0.717, 1.165) is 17.6 Å². The summed E-state index contributed by atoms with van der Waals surface area (Å²) in [6, 6.07) is -0.223. The molecule has 154 valence electrons. The van der Waals surface area contributed by atoms with Crippen LogP contribution in [0, 0.1) is 0 Å². The molecule has 6 heteroatoms. The molecular formula is C21H35FN2O3. The Morgan fingerprint density at radius 2 is 2.15 bits per heavy atom. The molecule has 1 rings (SSSR count). The third kappa shape index (κ3) is 9.84. The maximum absolute atomic E-state index is 13.7. The van der Waals surface area contributed by atoms with E-state index in [0.29, 0.717) is 18.6 Å². The Morgan fingerprint density at radius 3 is 2.70 bits per heavy atom. The van der Waals surface area contributed by atoms with E-state index >= 15 is 0 Å². The van der Waals surface area contributed by atoms with E-state index in [9.17, 15) is 14.3 Å². The van der Waals surface area contributed by atoms with Crippen LogP contribution in [0.2, 0.25) is 0 Å². The van der Waals surface area contributed by atoms with Gasteiger partial charge in [-0.25, -0.2) is 4.39 Å². The predicted molar refractivity (Wildman–Crippen MR) is 107 cm³/mol. The summed E-state index contributed by atoms with van der Waals surface area (Å²) in [5, 5.41) is 15.8. The second kappa shape index (κ2) is 10.7. The number of ether oxygens (including phenoxy) is 1. The van der Waals surface area contributed by atoms with Crippen molar-refractivity contribution in [1.29, 1.82) is 0 Å². The van der Waals surface area contributed by atoms with Crippen molar-refractivity contribution in [2.45, 2.75) is 77.9 Å². The first-order valence-corrected chi connectivity index (χ1v) is 9.54. The van der Waals surface area contributed by atoms with Crippen molar-refractivity contribution >= 4 is 5.91 Å². The topological polar surface area (TPSA) is 70.6 Å². The fourth-order valence-electron chi connectivity index (χ4n) is 2.68. The highest BCUT2D eigenvalue weighted by Crippen LogP contribution is 2.23. The number of aliphatic hydroxyl groups excluding tert-OH is 1. The number of hydrogen-bond acceptors (Lipinski definition) is 4. The van der Waals surface area contributed by atoms with Gasteiger partial charge >= 0.3 is 0 Å². The average Bonchev–Trinajstić information content (AvgIpc) is 2.55. The number of halogens is 1. The van der Waals surface area contributed by atoms with E-state index in [4.69, 9.17) is 4.74 Å². The number of nitrogens with one attached hydrogen (secondary N) is 2. The molecule has 0 fully saturated rings. The zero-order valence-corrected chi connectivity index (χ0v) is 17.3. The molecule has 3 N–H and O–H groups in total. The van der Waals surface area contributed by atoms with Crippen LogP contribution in [0.3, 0.4) is 0 Å². The second-order valence-corrected chi connectivity index (χ2v) is 8.10. The Labute approximate surface area is 162 Å². The molecule has 27 heavy (non-hydrogen) atoms. The summed E-state index contributed by atoms with van der Waals surface area (Å²) in [6.45, 7) is 14.0. The molecule has 5 nitrogen and oxygen atoms in total. The molecule has 0 aromatic carbocycles. The van der Waals surface area contributed by atoms with Crippen LogP contribution in [0.15, 0.2) is 35.5 Å². The highest BCUT2D eigenvalue weighted by molar-refractivity contribution is 5.79. The normalized spacial score (nSPS) is 19.7. The van der Waals surface area contributed by atoms with Gasteiger partial charge in [-0.05, 0) is 45.8 Å². The fraction of sp³-hybridized carbons (Fsp3) is 0.667. The van der Waals surface area contributed by atoms with Crippen LogP contribution in [0.25, 0.3) is 0 Å². The van der Waals surface area contributed by atoms with Gasteiger partial charge in [0, 0.05) is 6.42 Å². The Bertz CT molecular complexity index is 578. The Morgan fingerprint density at radius 1 is 1.48 bits per heavy atom. The van der Waals surface area contributed by atoms with Crippen molar-refractivity contribution in [3.63, 3.8) is 0 Å². The molecule has 0 saturated heterocycles. The first kappa shape index (κ1) is 23.5. The third-order valence-corrected chi connectivity index (χ3v) is 4.22. The lowest BCUT2D eigenvalue weighted by atomic mass is 9.94. The quantitative estimate of drug-likeness (QED) is 0.401. The molecule has 0 heterocycles. The summed E-state index contributed by atoms with van der Waals surface area (Å²) in [6.07, 6.45) is 2.71. The summed E-state index contributed by atoms with van der Waals surface area (Å²) in [5.41, 5.74) is 2.24. The molecule has 0 aromatic heterocycles. The SMILES string of the molecule is C=C(C)C(COC(C)(C)C)NC(O)CNC(=O)CC1=CC(F)CC(CC)=C1. The van der Waals surface area contributed by atoms with Gasteiger partial charge in [-0.2, -0.15) is 0 Å². The molecule has 1 aliphatic carbocycles. The first-order valence-electron chi connectivity index (χ1n) is 9.54. The van der Waals surface area contributed by atoms with Crippen LogP contribution in [-0.4, -0.2) is 48.2 Å². The van der Waals surface area contributed by atoms with Crippen molar-refractivity contribution in [2.75, 3.05) is 13.2 Å². The minimum atomic E-state index is -1.03. The third-order valence-electron chi connectivity index (χ3n) is 4.22. The van der Waals surface area contributed by atoms with Crippen LogP contribution < -0.4 is 10.6 Å². The van der Waals surface area contributed by atoms with E-state index in [2.05, 4.69) is 17.2 Å². The zero-order chi connectivity index (χ0) is 20.6. The number of carbonyl (C=O) groups is 1. The maximum atomic E-state index is 13.7. The minimum absolute atomic E-state index is 0.0504. The van der Waals surface area contributed by atoms with Gasteiger partial charge in [0.15, 0.2) is 0 Å². The van der Waals surface area contributed by atoms with Crippen molar-refractivity contribution in [3.8, 4) is 0 Å². The Hall–Kier alpha value is -1.50. The zero-order valence-electron chi connectivity index (χ0n) is 17.3. The second-order valence-electron chi connectivity index (χ2n) is 8.10. The molecule has 3 unspecified atom stereocenters. The monoisotopic (exact) mass is 382 g/mol. The lowest BCUT2D eigenvalue weighted by Crippen LogP contribution is -2.48. The lowest BCUT2D eigenvalue weighted by Gasteiger charge is -2.27. The predicted octanol–water partition coefficient (Wildman–Crippen LogP) is 3.17. The number of rotatable bonds is 10. The molecule has 0 saturated carbocycles. The van der Waals surface area contributed by atoms with Crippen LogP contribution in [0.1, 0.15) is 53.9 Å². The molecule has 0 radical (unpaired) electrons. The van der Waals surface area contributed by atoms with E-state index < -0.39 is 12.4 Å². The fourth-order valence-corrected chi connectivity index (χ4v) is 2.68. The number of hydrogen-bond donors (Lipinski definition) is 3. The number of aliphatic hydroxyl groups is 1. The van der Waals surface area contributed by atoms with Gasteiger partial charge in [-0.3, -0.25) is 10.1 Å². The highest BCUT2D eigenvalue weighted by atomic mass is 19.1. The Kier molecular flexibility index (Phi) is 9.36. The maximum Gasteiger partial charge on any atom is 0.224 e. The van der Waals surface area contributed by atoms with E-state index in [1.54, 1.807) is 0 Å². The van der Waals surface area contributed by atoms with Gasteiger partial charge in [-0.1, -0.05) is 30.7 Å². The summed E-state index contributed by atoms with van der Waals surface area (Å²) >= 11 is 0. The molecule has 3 atom stereocenters. The average molecular weight is 383 g/mol. The molecule has 0 aliphatic heterocycles. The Balaban J connectivity index is 2.45. The number of alkyl halides is 1. The van der Waals surface area contributed by atoms with Gasteiger partial charge < -0.3 is 15.2 Å². The van der Waals surface area contributed by atoms with Gasteiger partial charge in [0.2, 0.25) is 5.91 Å². The molecular weight excluding hydrogens is 347 g/mol. The van der Waals surface area contributed by atoms with E-state index in [1.807, 2.05) is 40.7 Å². The molecule has 0 spiro atoms. The van der Waals surface area contributed by atoms with E-state index in [-0.39, 0.29) is 30.5 Å².